The average Bonchev–Trinajstić information content (AvgIpc) is 1.77. The van der Waals surface area contributed by atoms with Crippen molar-refractivity contribution in [2.45, 2.75) is 0 Å². The molecule has 0 N–H and O–H groups in total. The molecule has 0 aromatic heterocycles. The predicted molar refractivity (Wildman–Crippen MR) is 31.6 cm³/mol. The van der Waals surface area contributed by atoms with E-state index in [0.29, 0.717) is 19.1 Å². The van der Waals surface area contributed by atoms with E-state index in [0.717, 1.165) is 0 Å². The van der Waals surface area contributed by atoms with Crippen LogP contribution in [0.4, 0.5) is 0 Å². The summed E-state index contributed by atoms with van der Waals surface area (Å²) in [6.45, 7) is 1.14. The minimum Gasteiger partial charge on any atom is -0.598 e. The zero-order chi connectivity index (χ0) is 5.98. The first-order chi connectivity index (χ1) is 3.80. The topological polar surface area (TPSA) is 35.5 Å². The number of nitrogens with zero attached hydrogens (tertiary/aromatic N) is 1. The Kier molecular flexibility index (Phi) is 2.13. The van der Waals surface area contributed by atoms with Gasteiger partial charge in [0.2, 0.25) is 0 Å². The third kappa shape index (κ3) is 1.35. The number of rotatable bonds is 0. The van der Waals surface area contributed by atoms with Gasteiger partial charge in [0.05, 0.1) is 6.61 Å². The van der Waals surface area contributed by atoms with Crippen molar-refractivity contribution in [3.05, 3.63) is 0 Å². The summed E-state index contributed by atoms with van der Waals surface area (Å²) in [5.41, 5.74) is 0. The molecule has 1 atom stereocenters. The second-order valence-electron chi connectivity index (χ2n) is 1.69. The molecular weight excluding hydrogens is 126 g/mol. The van der Waals surface area contributed by atoms with Crippen LogP contribution in [0, 0.1) is 0 Å². The van der Waals surface area contributed by atoms with E-state index >= 15 is 0 Å². The standard InChI is InChI=1S/C4H9NO2S/c1-5-4-7-2-3-8(5)6/h2-4H2,1H3. The molecule has 1 aliphatic rings. The smallest absolute Gasteiger partial charge is 0.149 e. The SMILES string of the molecule is CN1COCC[S+]1[O-]. The minimum absolute atomic E-state index is 0.507. The predicted octanol–water partition coefficient (Wildman–Crippen LogP) is -0.430. The van der Waals surface area contributed by atoms with Crippen molar-refractivity contribution >= 4 is 11.4 Å². The van der Waals surface area contributed by atoms with Crippen LogP contribution in [0.25, 0.3) is 0 Å². The maximum atomic E-state index is 10.8. The number of ether oxygens (including phenoxy) is 1. The van der Waals surface area contributed by atoms with E-state index in [1.54, 1.807) is 11.4 Å². The van der Waals surface area contributed by atoms with Gasteiger partial charge >= 0.3 is 0 Å². The van der Waals surface area contributed by atoms with E-state index in [9.17, 15) is 4.55 Å². The summed E-state index contributed by atoms with van der Waals surface area (Å²) in [6.07, 6.45) is 0. The number of hydrogen-bond acceptors (Lipinski definition) is 3. The Morgan fingerprint density at radius 2 is 2.50 bits per heavy atom. The lowest BCUT2D eigenvalue weighted by Gasteiger charge is -2.24. The molecule has 0 amide bonds. The van der Waals surface area contributed by atoms with E-state index in [2.05, 4.69) is 0 Å². The van der Waals surface area contributed by atoms with Gasteiger partial charge < -0.3 is 9.29 Å². The maximum absolute atomic E-state index is 10.8. The van der Waals surface area contributed by atoms with Gasteiger partial charge in [-0.3, -0.25) is 0 Å². The van der Waals surface area contributed by atoms with Crippen molar-refractivity contribution < 1.29 is 9.29 Å². The first kappa shape index (κ1) is 6.35. The molecule has 0 spiro atoms. The van der Waals surface area contributed by atoms with Gasteiger partial charge in [-0.15, -0.1) is 4.31 Å². The first-order valence-corrected chi connectivity index (χ1v) is 3.75. The Labute approximate surface area is 51.9 Å². The van der Waals surface area contributed by atoms with Crippen LogP contribution in [0.2, 0.25) is 0 Å². The quantitative estimate of drug-likeness (QED) is 0.423. The van der Waals surface area contributed by atoms with E-state index in [-0.39, 0.29) is 0 Å². The molecule has 4 heteroatoms. The average molecular weight is 135 g/mol. The lowest BCUT2D eigenvalue weighted by molar-refractivity contribution is 0.0773. The zero-order valence-corrected chi connectivity index (χ0v) is 5.61. The summed E-state index contributed by atoms with van der Waals surface area (Å²) in [5, 5.41) is 0. The van der Waals surface area contributed by atoms with Crippen LogP contribution in [0.3, 0.4) is 0 Å². The van der Waals surface area contributed by atoms with Gasteiger partial charge in [0, 0.05) is 18.4 Å². The van der Waals surface area contributed by atoms with Gasteiger partial charge in [-0.1, -0.05) is 0 Å². The fourth-order valence-corrected chi connectivity index (χ4v) is 1.30. The van der Waals surface area contributed by atoms with Crippen molar-refractivity contribution in [2.75, 3.05) is 26.1 Å². The third-order valence-electron chi connectivity index (χ3n) is 1.02. The molecule has 0 bridgehead atoms. The normalized spacial score (nSPS) is 33.0. The molecule has 0 aromatic carbocycles. The third-order valence-corrected chi connectivity index (χ3v) is 2.34. The van der Waals surface area contributed by atoms with Gasteiger partial charge in [-0.25, -0.2) is 0 Å². The Hall–Kier alpha value is 0.230. The van der Waals surface area contributed by atoms with Crippen LogP contribution in [0.15, 0.2) is 0 Å². The van der Waals surface area contributed by atoms with E-state index in [1.807, 2.05) is 0 Å². The van der Waals surface area contributed by atoms with E-state index in [4.69, 9.17) is 4.74 Å². The highest BCUT2D eigenvalue weighted by atomic mass is 32.2. The van der Waals surface area contributed by atoms with Gasteiger partial charge in [-0.05, 0) is 0 Å². The van der Waals surface area contributed by atoms with Crippen molar-refractivity contribution in [2.24, 2.45) is 0 Å². The van der Waals surface area contributed by atoms with E-state index in [1.165, 1.54) is 0 Å². The highest BCUT2D eigenvalue weighted by Crippen LogP contribution is 2.03. The highest BCUT2D eigenvalue weighted by Gasteiger charge is 2.18. The fraction of sp³-hybridized carbons (Fsp3) is 1.00. The van der Waals surface area contributed by atoms with Crippen LogP contribution >= 0.6 is 0 Å². The molecule has 0 saturated carbocycles. The largest absolute Gasteiger partial charge is 0.598 e. The monoisotopic (exact) mass is 135 g/mol. The van der Waals surface area contributed by atoms with E-state index < -0.39 is 11.4 Å². The molecule has 0 aliphatic carbocycles. The molecule has 3 nitrogen and oxygen atoms in total. The number of hydrogen-bond donors (Lipinski definition) is 0. The molecule has 1 aliphatic heterocycles. The molecule has 1 unspecified atom stereocenters. The lowest BCUT2D eigenvalue weighted by atomic mass is 10.8. The molecule has 8 heavy (non-hydrogen) atoms. The Morgan fingerprint density at radius 3 is 2.88 bits per heavy atom. The van der Waals surface area contributed by atoms with Gasteiger partial charge in [-0.2, -0.15) is 0 Å². The van der Waals surface area contributed by atoms with Gasteiger partial charge in [0.1, 0.15) is 12.5 Å². The highest BCUT2D eigenvalue weighted by molar-refractivity contribution is 7.89. The maximum Gasteiger partial charge on any atom is 0.149 e. The summed E-state index contributed by atoms with van der Waals surface area (Å²) in [5.74, 6) is 0.649. The second kappa shape index (κ2) is 2.68. The molecule has 48 valence electrons. The Morgan fingerprint density at radius 1 is 1.75 bits per heavy atom. The van der Waals surface area contributed by atoms with Crippen molar-refractivity contribution in [1.29, 1.82) is 0 Å². The van der Waals surface area contributed by atoms with Crippen LogP contribution < -0.4 is 0 Å². The molecule has 0 aromatic rings. The molecule has 1 rings (SSSR count). The molecule has 1 heterocycles. The summed E-state index contributed by atoms with van der Waals surface area (Å²) in [7, 11) is 1.79. The molecule has 0 radical (unpaired) electrons. The Bertz CT molecular complexity index is 70.4. The summed E-state index contributed by atoms with van der Waals surface area (Å²) in [4.78, 5) is 0. The van der Waals surface area contributed by atoms with Crippen molar-refractivity contribution in [3.8, 4) is 0 Å². The second-order valence-corrected chi connectivity index (χ2v) is 3.37. The molecule has 1 saturated heterocycles. The fourth-order valence-electron chi connectivity index (χ4n) is 0.538. The summed E-state index contributed by atoms with van der Waals surface area (Å²) >= 11 is -0.777. The zero-order valence-electron chi connectivity index (χ0n) is 4.79. The molecular formula is C4H9NO2S. The van der Waals surface area contributed by atoms with Crippen molar-refractivity contribution in [1.82, 2.24) is 4.31 Å². The van der Waals surface area contributed by atoms with Crippen LogP contribution in [0.1, 0.15) is 0 Å². The minimum atomic E-state index is -0.777. The summed E-state index contributed by atoms with van der Waals surface area (Å²) < 4.78 is 17.4. The summed E-state index contributed by atoms with van der Waals surface area (Å²) in [6, 6.07) is 0. The van der Waals surface area contributed by atoms with Crippen LogP contribution in [-0.4, -0.2) is 35.0 Å². The van der Waals surface area contributed by atoms with Crippen LogP contribution in [0.5, 0.6) is 0 Å². The molecule has 1 fully saturated rings. The van der Waals surface area contributed by atoms with Gasteiger partial charge in [0.25, 0.3) is 0 Å². The van der Waals surface area contributed by atoms with Crippen LogP contribution in [-0.2, 0) is 16.1 Å². The first-order valence-electron chi connectivity index (χ1n) is 2.48. The van der Waals surface area contributed by atoms with Crippen molar-refractivity contribution in [3.63, 3.8) is 0 Å². The lowest BCUT2D eigenvalue weighted by Crippen LogP contribution is -2.38. The Balaban J connectivity index is 2.28. The van der Waals surface area contributed by atoms with Gasteiger partial charge in [0.15, 0.2) is 0 Å².